The van der Waals surface area contributed by atoms with Gasteiger partial charge in [0.25, 0.3) is 0 Å². The standard InChI is InChI=1S/C8H10N2O/c1-10-6-2-3-8(10)4-5-9-7-11/h8H,2-3,6H2,1H3. The highest BCUT2D eigenvalue weighted by Crippen LogP contribution is 2.12. The number of nitrogens with zero attached hydrogens (tertiary/aromatic N) is 2. The first-order valence-corrected chi connectivity index (χ1v) is 3.62. The van der Waals surface area contributed by atoms with Crippen LogP contribution in [0.4, 0.5) is 0 Å². The Kier molecular flexibility index (Phi) is 2.85. The Morgan fingerprint density at radius 2 is 2.45 bits per heavy atom. The first-order chi connectivity index (χ1) is 5.34. The summed E-state index contributed by atoms with van der Waals surface area (Å²) in [5.74, 6) is 2.88. The molecule has 0 saturated carbocycles. The molecule has 1 rings (SSSR count). The molecule has 3 heteroatoms. The van der Waals surface area contributed by atoms with Gasteiger partial charge in [0.15, 0.2) is 0 Å². The van der Waals surface area contributed by atoms with Crippen molar-refractivity contribution >= 4 is 6.08 Å². The van der Waals surface area contributed by atoms with Gasteiger partial charge in [-0.25, -0.2) is 4.79 Å². The number of hydrogen-bond acceptors (Lipinski definition) is 3. The lowest BCUT2D eigenvalue weighted by molar-refractivity contribution is 0.365. The first-order valence-electron chi connectivity index (χ1n) is 3.62. The monoisotopic (exact) mass is 150 g/mol. The Hall–Kier alpha value is -1.10. The van der Waals surface area contributed by atoms with Gasteiger partial charge in [-0.15, -0.1) is 4.99 Å². The van der Waals surface area contributed by atoms with Crippen molar-refractivity contribution < 1.29 is 4.79 Å². The highest BCUT2D eigenvalue weighted by Gasteiger charge is 2.17. The minimum absolute atomic E-state index is 0.284. The molecule has 3 nitrogen and oxygen atoms in total. The lowest BCUT2D eigenvalue weighted by atomic mass is 10.2. The van der Waals surface area contributed by atoms with Crippen LogP contribution < -0.4 is 0 Å². The number of rotatable bonds is 0. The van der Waals surface area contributed by atoms with Crippen LogP contribution in [-0.4, -0.2) is 30.6 Å². The van der Waals surface area contributed by atoms with Crippen LogP contribution in [-0.2, 0) is 4.79 Å². The van der Waals surface area contributed by atoms with Crippen LogP contribution >= 0.6 is 0 Å². The molecular formula is C8H10N2O. The van der Waals surface area contributed by atoms with E-state index in [1.807, 2.05) is 7.05 Å². The van der Waals surface area contributed by atoms with E-state index in [1.54, 1.807) is 0 Å². The molecule has 58 valence electrons. The van der Waals surface area contributed by atoms with Gasteiger partial charge in [0.05, 0.1) is 6.04 Å². The summed E-state index contributed by atoms with van der Waals surface area (Å²) in [6, 6.07) is 2.70. The summed E-state index contributed by atoms with van der Waals surface area (Å²) < 4.78 is 0. The maximum atomic E-state index is 9.65. The fourth-order valence-corrected chi connectivity index (χ4v) is 1.22. The van der Waals surface area contributed by atoms with E-state index >= 15 is 0 Å². The van der Waals surface area contributed by atoms with Crippen LogP contribution in [0.25, 0.3) is 0 Å². The molecule has 0 aliphatic carbocycles. The fourth-order valence-electron chi connectivity index (χ4n) is 1.22. The number of hydrogen-bond donors (Lipinski definition) is 0. The zero-order valence-corrected chi connectivity index (χ0v) is 6.50. The molecule has 0 aromatic heterocycles. The van der Waals surface area contributed by atoms with Crippen LogP contribution in [0, 0.1) is 12.0 Å². The Morgan fingerprint density at radius 3 is 3.00 bits per heavy atom. The van der Waals surface area contributed by atoms with Crippen molar-refractivity contribution in [3.05, 3.63) is 0 Å². The zero-order chi connectivity index (χ0) is 8.10. The molecule has 0 aromatic rings. The fraction of sp³-hybridized carbons (Fsp3) is 0.625. The predicted octanol–water partition coefficient (Wildman–Crippen LogP) is 0.377. The van der Waals surface area contributed by atoms with Gasteiger partial charge >= 0.3 is 0 Å². The van der Waals surface area contributed by atoms with Crippen molar-refractivity contribution in [1.82, 2.24) is 4.90 Å². The van der Waals surface area contributed by atoms with E-state index in [2.05, 4.69) is 21.9 Å². The molecule has 1 unspecified atom stereocenters. The van der Waals surface area contributed by atoms with Crippen molar-refractivity contribution in [3.8, 4) is 12.0 Å². The highest BCUT2D eigenvalue weighted by molar-refractivity contribution is 5.36. The van der Waals surface area contributed by atoms with Gasteiger partial charge in [0.2, 0.25) is 6.08 Å². The molecule has 1 aliphatic rings. The average Bonchev–Trinajstić information content (AvgIpc) is 2.37. The number of aliphatic imine (C=N–C) groups is 1. The minimum atomic E-state index is 0.284. The quantitative estimate of drug-likeness (QED) is 0.284. The third kappa shape index (κ3) is 2.19. The number of isocyanates is 1. The van der Waals surface area contributed by atoms with Crippen LogP contribution in [0.15, 0.2) is 4.99 Å². The van der Waals surface area contributed by atoms with Crippen LogP contribution in [0.2, 0.25) is 0 Å². The van der Waals surface area contributed by atoms with E-state index in [1.165, 1.54) is 12.5 Å². The molecule has 1 aliphatic heterocycles. The second-order valence-electron chi connectivity index (χ2n) is 2.60. The van der Waals surface area contributed by atoms with Crippen LogP contribution in [0.5, 0.6) is 0 Å². The second-order valence-corrected chi connectivity index (χ2v) is 2.60. The Labute approximate surface area is 66.1 Å². The van der Waals surface area contributed by atoms with E-state index in [0.29, 0.717) is 0 Å². The summed E-state index contributed by atoms with van der Waals surface area (Å²) in [4.78, 5) is 15.0. The molecule has 11 heavy (non-hydrogen) atoms. The third-order valence-corrected chi connectivity index (χ3v) is 1.85. The van der Waals surface area contributed by atoms with Gasteiger partial charge in [0.1, 0.15) is 0 Å². The molecule has 0 spiro atoms. The maximum absolute atomic E-state index is 9.65. The van der Waals surface area contributed by atoms with Crippen molar-refractivity contribution in [3.63, 3.8) is 0 Å². The zero-order valence-electron chi connectivity index (χ0n) is 6.50. The summed E-state index contributed by atoms with van der Waals surface area (Å²) >= 11 is 0. The normalized spacial score (nSPS) is 23.5. The SMILES string of the molecule is CN1CCCC1C#CN=C=O. The summed E-state index contributed by atoms with van der Waals surface area (Å²) in [6.45, 7) is 1.09. The van der Waals surface area contributed by atoms with E-state index in [4.69, 9.17) is 0 Å². The van der Waals surface area contributed by atoms with Crippen molar-refractivity contribution in [2.45, 2.75) is 18.9 Å². The van der Waals surface area contributed by atoms with E-state index in [0.717, 1.165) is 13.0 Å². The molecule has 0 N–H and O–H groups in total. The molecule has 1 heterocycles. The van der Waals surface area contributed by atoms with Gasteiger partial charge in [-0.3, -0.25) is 4.90 Å². The van der Waals surface area contributed by atoms with E-state index in [9.17, 15) is 4.79 Å². The predicted molar refractivity (Wildman–Crippen MR) is 41.5 cm³/mol. The van der Waals surface area contributed by atoms with Crippen LogP contribution in [0.1, 0.15) is 12.8 Å². The Morgan fingerprint density at radius 1 is 1.64 bits per heavy atom. The third-order valence-electron chi connectivity index (χ3n) is 1.85. The van der Waals surface area contributed by atoms with Gasteiger partial charge in [0, 0.05) is 6.04 Å². The first kappa shape index (κ1) is 8.00. The van der Waals surface area contributed by atoms with E-state index < -0.39 is 0 Å². The van der Waals surface area contributed by atoms with Gasteiger partial charge in [-0.2, -0.15) is 0 Å². The maximum Gasteiger partial charge on any atom is 0.249 e. The highest BCUT2D eigenvalue weighted by atomic mass is 16.1. The number of likely N-dealkylation sites (tertiary alicyclic amines) is 1. The van der Waals surface area contributed by atoms with E-state index in [-0.39, 0.29) is 6.04 Å². The molecule has 0 radical (unpaired) electrons. The topological polar surface area (TPSA) is 32.7 Å². The average molecular weight is 150 g/mol. The van der Waals surface area contributed by atoms with Gasteiger partial charge < -0.3 is 0 Å². The molecule has 0 bridgehead atoms. The largest absolute Gasteiger partial charge is 0.293 e. The van der Waals surface area contributed by atoms with Crippen molar-refractivity contribution in [2.75, 3.05) is 13.6 Å². The Bertz CT molecular complexity index is 232. The smallest absolute Gasteiger partial charge is 0.249 e. The van der Waals surface area contributed by atoms with Crippen molar-refractivity contribution in [1.29, 1.82) is 0 Å². The Balaban J connectivity index is 2.49. The summed E-state index contributed by atoms with van der Waals surface area (Å²) in [5, 5.41) is 0. The second kappa shape index (κ2) is 3.92. The molecule has 0 amide bonds. The molecular weight excluding hydrogens is 140 g/mol. The lowest BCUT2D eigenvalue weighted by Crippen LogP contribution is -2.22. The number of carbonyl (C=O) groups excluding carboxylic acids is 1. The molecule has 1 fully saturated rings. The minimum Gasteiger partial charge on any atom is -0.293 e. The van der Waals surface area contributed by atoms with Crippen LogP contribution in [0.3, 0.4) is 0 Å². The molecule has 0 aromatic carbocycles. The summed E-state index contributed by atoms with van der Waals surface area (Å²) in [7, 11) is 2.02. The van der Waals surface area contributed by atoms with Gasteiger partial charge in [-0.05, 0) is 26.4 Å². The summed E-state index contributed by atoms with van der Waals surface area (Å²) in [5.41, 5.74) is 0. The molecule has 1 saturated heterocycles. The lowest BCUT2D eigenvalue weighted by Gasteiger charge is -2.11. The molecule has 1 atom stereocenters. The van der Waals surface area contributed by atoms with Gasteiger partial charge in [-0.1, -0.05) is 5.92 Å². The van der Waals surface area contributed by atoms with Crippen molar-refractivity contribution in [2.24, 2.45) is 4.99 Å². The summed E-state index contributed by atoms with van der Waals surface area (Å²) in [6.07, 6.45) is 3.65.